The Morgan fingerprint density at radius 3 is 2.75 bits per heavy atom. The molecule has 2 heterocycles. The second kappa shape index (κ2) is 2.67. The van der Waals surface area contributed by atoms with Crippen LogP contribution >= 0.6 is 0 Å². The van der Waals surface area contributed by atoms with Crippen molar-refractivity contribution in [3.63, 3.8) is 0 Å². The third kappa shape index (κ3) is 0.934. The summed E-state index contributed by atoms with van der Waals surface area (Å²) < 4.78 is 2.31. The Labute approximate surface area is 72.6 Å². The van der Waals surface area contributed by atoms with Gasteiger partial charge in [-0.25, -0.2) is 0 Å². The first-order chi connectivity index (χ1) is 5.83. The van der Waals surface area contributed by atoms with Crippen molar-refractivity contribution in [1.29, 1.82) is 0 Å². The fourth-order valence-electron chi connectivity index (χ4n) is 1.69. The van der Waals surface area contributed by atoms with Gasteiger partial charge in [-0.2, -0.15) is 0 Å². The van der Waals surface area contributed by atoms with E-state index in [0.29, 0.717) is 0 Å². The highest BCUT2D eigenvalue weighted by Gasteiger charge is 1.99. The molecule has 0 saturated heterocycles. The van der Waals surface area contributed by atoms with Crippen LogP contribution in [0.25, 0.3) is 5.52 Å². The minimum absolute atomic E-state index is 1.09. The van der Waals surface area contributed by atoms with E-state index >= 15 is 0 Å². The van der Waals surface area contributed by atoms with E-state index in [9.17, 15) is 0 Å². The van der Waals surface area contributed by atoms with Crippen molar-refractivity contribution in [2.24, 2.45) is 0 Å². The molecule has 0 saturated carbocycles. The first-order valence-electron chi connectivity index (χ1n) is 4.39. The Hall–Kier alpha value is -1.24. The van der Waals surface area contributed by atoms with Crippen LogP contribution in [0.3, 0.4) is 0 Å². The highest BCUT2D eigenvalue weighted by molar-refractivity contribution is 5.50. The van der Waals surface area contributed by atoms with E-state index in [1.165, 1.54) is 16.9 Å². The first-order valence-corrected chi connectivity index (χ1v) is 4.39. The molecule has 0 radical (unpaired) electrons. The molecule has 0 aliphatic carbocycles. The predicted molar refractivity (Wildman–Crippen MR) is 51.5 cm³/mol. The number of hydrogen-bond acceptors (Lipinski definition) is 0. The maximum atomic E-state index is 2.31. The van der Waals surface area contributed by atoms with Crippen molar-refractivity contribution in [3.05, 3.63) is 41.7 Å². The lowest BCUT2D eigenvalue weighted by molar-refractivity contribution is 0.954. The first kappa shape index (κ1) is 7.41. The van der Waals surface area contributed by atoms with Gasteiger partial charge in [0.2, 0.25) is 0 Å². The molecule has 0 atom stereocenters. The van der Waals surface area contributed by atoms with E-state index in [0.717, 1.165) is 6.42 Å². The second-order valence-corrected chi connectivity index (χ2v) is 3.11. The number of aryl methyl sites for hydroxylation is 2. The maximum absolute atomic E-state index is 2.31. The van der Waals surface area contributed by atoms with Gasteiger partial charge in [0, 0.05) is 16.9 Å². The zero-order chi connectivity index (χ0) is 8.55. The molecule has 0 bridgehead atoms. The SMILES string of the molecule is CCc1cccc2ccc(C)n12. The Morgan fingerprint density at radius 2 is 2.00 bits per heavy atom. The van der Waals surface area contributed by atoms with Crippen LogP contribution in [-0.4, -0.2) is 4.40 Å². The number of hydrogen-bond donors (Lipinski definition) is 0. The minimum Gasteiger partial charge on any atom is -0.318 e. The van der Waals surface area contributed by atoms with Crippen LogP contribution in [-0.2, 0) is 6.42 Å². The fourth-order valence-corrected chi connectivity index (χ4v) is 1.69. The van der Waals surface area contributed by atoms with Gasteiger partial charge in [-0.05, 0) is 37.6 Å². The lowest BCUT2D eigenvalue weighted by Crippen LogP contribution is -1.95. The van der Waals surface area contributed by atoms with E-state index in [1.807, 2.05) is 0 Å². The zero-order valence-corrected chi connectivity index (χ0v) is 7.54. The number of aromatic nitrogens is 1. The van der Waals surface area contributed by atoms with Crippen LogP contribution in [0.15, 0.2) is 30.3 Å². The van der Waals surface area contributed by atoms with E-state index in [2.05, 4.69) is 48.6 Å². The Bertz CT molecular complexity index is 398. The molecule has 62 valence electrons. The van der Waals surface area contributed by atoms with Gasteiger partial charge in [0.15, 0.2) is 0 Å². The Balaban J connectivity index is 2.84. The van der Waals surface area contributed by atoms with E-state index in [-0.39, 0.29) is 0 Å². The van der Waals surface area contributed by atoms with Gasteiger partial charge in [-0.3, -0.25) is 0 Å². The Morgan fingerprint density at radius 1 is 1.17 bits per heavy atom. The van der Waals surface area contributed by atoms with Crippen molar-refractivity contribution in [3.8, 4) is 0 Å². The van der Waals surface area contributed by atoms with Crippen LogP contribution in [0.5, 0.6) is 0 Å². The van der Waals surface area contributed by atoms with Crippen LogP contribution in [0.2, 0.25) is 0 Å². The van der Waals surface area contributed by atoms with Crippen molar-refractivity contribution in [2.75, 3.05) is 0 Å². The molecule has 0 spiro atoms. The number of pyridine rings is 1. The van der Waals surface area contributed by atoms with Gasteiger partial charge >= 0.3 is 0 Å². The fraction of sp³-hybridized carbons (Fsp3) is 0.273. The molecule has 2 rings (SSSR count). The smallest absolute Gasteiger partial charge is 0.0455 e. The molecule has 0 fully saturated rings. The van der Waals surface area contributed by atoms with E-state index in [4.69, 9.17) is 0 Å². The molecule has 12 heavy (non-hydrogen) atoms. The van der Waals surface area contributed by atoms with Gasteiger partial charge in [-0.1, -0.05) is 13.0 Å². The van der Waals surface area contributed by atoms with Gasteiger partial charge in [0.25, 0.3) is 0 Å². The minimum atomic E-state index is 1.09. The predicted octanol–water partition coefficient (Wildman–Crippen LogP) is 2.81. The molecular formula is C11H13N. The van der Waals surface area contributed by atoms with Crippen molar-refractivity contribution in [1.82, 2.24) is 4.40 Å². The van der Waals surface area contributed by atoms with Crippen LogP contribution in [0.4, 0.5) is 0 Å². The monoisotopic (exact) mass is 159 g/mol. The van der Waals surface area contributed by atoms with Crippen LogP contribution in [0, 0.1) is 6.92 Å². The molecular weight excluding hydrogens is 146 g/mol. The molecule has 2 aromatic rings. The van der Waals surface area contributed by atoms with Crippen molar-refractivity contribution >= 4 is 5.52 Å². The summed E-state index contributed by atoms with van der Waals surface area (Å²) in [4.78, 5) is 0. The average molecular weight is 159 g/mol. The largest absolute Gasteiger partial charge is 0.318 e. The third-order valence-corrected chi connectivity index (χ3v) is 2.31. The quantitative estimate of drug-likeness (QED) is 0.602. The van der Waals surface area contributed by atoms with Gasteiger partial charge in [-0.15, -0.1) is 0 Å². The number of fused-ring (bicyclic) bond motifs is 1. The normalized spacial score (nSPS) is 10.8. The summed E-state index contributed by atoms with van der Waals surface area (Å²) >= 11 is 0. The Kier molecular flexibility index (Phi) is 1.65. The zero-order valence-electron chi connectivity index (χ0n) is 7.54. The summed E-state index contributed by atoms with van der Waals surface area (Å²) in [5.41, 5.74) is 4.00. The summed E-state index contributed by atoms with van der Waals surface area (Å²) in [5.74, 6) is 0. The molecule has 0 N–H and O–H groups in total. The topological polar surface area (TPSA) is 4.41 Å². The molecule has 0 aliphatic heterocycles. The number of rotatable bonds is 1. The summed E-state index contributed by atoms with van der Waals surface area (Å²) in [5, 5.41) is 0. The third-order valence-electron chi connectivity index (χ3n) is 2.31. The van der Waals surface area contributed by atoms with Gasteiger partial charge < -0.3 is 4.40 Å². The average Bonchev–Trinajstić information content (AvgIpc) is 2.48. The summed E-state index contributed by atoms with van der Waals surface area (Å²) in [6.45, 7) is 4.33. The lowest BCUT2D eigenvalue weighted by Gasteiger charge is -2.04. The van der Waals surface area contributed by atoms with Crippen molar-refractivity contribution in [2.45, 2.75) is 20.3 Å². The van der Waals surface area contributed by atoms with Gasteiger partial charge in [0.05, 0.1) is 0 Å². The number of nitrogens with zero attached hydrogens (tertiary/aromatic N) is 1. The maximum Gasteiger partial charge on any atom is 0.0455 e. The highest BCUT2D eigenvalue weighted by atomic mass is 14.9. The molecule has 1 heteroatoms. The van der Waals surface area contributed by atoms with Crippen LogP contribution < -0.4 is 0 Å². The lowest BCUT2D eigenvalue weighted by atomic mass is 10.3. The molecule has 0 unspecified atom stereocenters. The molecule has 2 aromatic heterocycles. The molecule has 0 amide bonds. The van der Waals surface area contributed by atoms with Crippen molar-refractivity contribution < 1.29 is 0 Å². The standard InChI is InChI=1S/C11H13N/c1-3-10-5-4-6-11-8-7-9(2)12(10)11/h4-8H,3H2,1-2H3. The summed E-state index contributed by atoms with van der Waals surface area (Å²) in [6, 6.07) is 10.8. The molecule has 0 aliphatic rings. The second-order valence-electron chi connectivity index (χ2n) is 3.11. The van der Waals surface area contributed by atoms with E-state index < -0.39 is 0 Å². The summed E-state index contributed by atoms with van der Waals surface area (Å²) in [7, 11) is 0. The highest BCUT2D eigenvalue weighted by Crippen LogP contribution is 2.12. The van der Waals surface area contributed by atoms with Gasteiger partial charge in [0.1, 0.15) is 0 Å². The molecule has 0 aromatic carbocycles. The van der Waals surface area contributed by atoms with Crippen LogP contribution in [0.1, 0.15) is 18.3 Å². The summed E-state index contributed by atoms with van der Waals surface area (Å²) in [6.07, 6.45) is 1.09. The molecule has 1 nitrogen and oxygen atoms in total. The van der Waals surface area contributed by atoms with E-state index in [1.54, 1.807) is 0 Å².